The first-order valence-electron chi connectivity index (χ1n) is 9.16. The molecule has 0 fully saturated rings. The summed E-state index contributed by atoms with van der Waals surface area (Å²) in [6.45, 7) is 2.07. The molecule has 4 aromatic rings. The Kier molecular flexibility index (Phi) is 5.33. The summed E-state index contributed by atoms with van der Waals surface area (Å²) in [5, 5.41) is 2.85. The average molecular weight is 385 g/mol. The van der Waals surface area contributed by atoms with Crippen LogP contribution in [-0.2, 0) is 6.61 Å². The number of nitrogens with one attached hydrogen (secondary N) is 1. The second-order valence-corrected chi connectivity index (χ2v) is 6.38. The fourth-order valence-electron chi connectivity index (χ4n) is 2.81. The van der Waals surface area contributed by atoms with Crippen molar-refractivity contribution in [3.63, 3.8) is 0 Å². The van der Waals surface area contributed by atoms with E-state index in [4.69, 9.17) is 9.15 Å². The van der Waals surface area contributed by atoms with Crippen LogP contribution in [0.4, 0.5) is 5.69 Å². The summed E-state index contributed by atoms with van der Waals surface area (Å²) in [6.07, 6.45) is 1.72. The number of carbonyl (C=O) groups excluding carboxylic acids is 1. The van der Waals surface area contributed by atoms with Crippen LogP contribution in [0.25, 0.3) is 11.5 Å². The molecular weight excluding hydrogens is 366 g/mol. The molecule has 1 N–H and O–H groups in total. The van der Waals surface area contributed by atoms with E-state index in [9.17, 15) is 4.79 Å². The van der Waals surface area contributed by atoms with Gasteiger partial charge in [-0.15, -0.1) is 0 Å². The number of benzene rings is 2. The third-order valence-electron chi connectivity index (χ3n) is 4.24. The van der Waals surface area contributed by atoms with E-state index in [1.165, 1.54) is 0 Å². The second kappa shape index (κ2) is 8.39. The van der Waals surface area contributed by atoms with E-state index in [0.29, 0.717) is 29.7 Å². The lowest BCUT2D eigenvalue weighted by Gasteiger charge is -2.08. The minimum Gasteiger partial charge on any atom is -0.487 e. The summed E-state index contributed by atoms with van der Waals surface area (Å²) < 4.78 is 11.4. The van der Waals surface area contributed by atoms with Crippen molar-refractivity contribution in [3.8, 4) is 17.2 Å². The fraction of sp³-hybridized carbons (Fsp3) is 0.0870. The van der Waals surface area contributed by atoms with Gasteiger partial charge in [0.25, 0.3) is 5.91 Å². The van der Waals surface area contributed by atoms with E-state index >= 15 is 0 Å². The van der Waals surface area contributed by atoms with Gasteiger partial charge in [-0.3, -0.25) is 9.78 Å². The van der Waals surface area contributed by atoms with E-state index in [1.807, 2.05) is 60.7 Å². The normalized spacial score (nSPS) is 10.5. The van der Waals surface area contributed by atoms with Crippen molar-refractivity contribution in [2.75, 3.05) is 5.32 Å². The number of anilines is 1. The number of aromatic nitrogens is 2. The highest BCUT2D eigenvalue weighted by Gasteiger charge is 2.18. The quantitative estimate of drug-likeness (QED) is 0.512. The van der Waals surface area contributed by atoms with Crippen LogP contribution in [0.3, 0.4) is 0 Å². The van der Waals surface area contributed by atoms with Crippen molar-refractivity contribution in [2.45, 2.75) is 13.5 Å². The maximum Gasteiger partial charge on any atom is 0.277 e. The highest BCUT2D eigenvalue weighted by Crippen LogP contribution is 2.23. The van der Waals surface area contributed by atoms with Crippen molar-refractivity contribution in [1.82, 2.24) is 9.97 Å². The van der Waals surface area contributed by atoms with Gasteiger partial charge in [0.15, 0.2) is 5.69 Å². The van der Waals surface area contributed by atoms with Crippen LogP contribution in [0.1, 0.15) is 21.9 Å². The standard InChI is InChI=1S/C23H19N3O3/c1-16-21(26-23(29-16)17-8-3-2-4-9-17)22(27)25-18-11-7-12-20(14-18)28-15-19-10-5-6-13-24-19/h2-14H,15H2,1H3,(H,25,27). The monoisotopic (exact) mass is 385 g/mol. The van der Waals surface area contributed by atoms with Crippen molar-refractivity contribution in [2.24, 2.45) is 0 Å². The maximum atomic E-state index is 12.7. The van der Waals surface area contributed by atoms with Crippen LogP contribution in [0, 0.1) is 6.92 Å². The number of aryl methyl sites for hydroxylation is 1. The molecule has 0 aliphatic carbocycles. The number of hydrogen-bond acceptors (Lipinski definition) is 5. The van der Waals surface area contributed by atoms with E-state index in [0.717, 1.165) is 11.3 Å². The first-order chi connectivity index (χ1) is 14.2. The first kappa shape index (κ1) is 18.4. The highest BCUT2D eigenvalue weighted by atomic mass is 16.5. The van der Waals surface area contributed by atoms with E-state index in [2.05, 4.69) is 15.3 Å². The zero-order valence-corrected chi connectivity index (χ0v) is 15.8. The average Bonchev–Trinajstić information content (AvgIpc) is 3.16. The van der Waals surface area contributed by atoms with Crippen LogP contribution in [0.5, 0.6) is 5.75 Å². The molecule has 2 aromatic heterocycles. The third kappa shape index (κ3) is 4.50. The molecule has 6 heteroatoms. The zero-order valence-electron chi connectivity index (χ0n) is 15.8. The molecule has 4 rings (SSSR count). The molecule has 144 valence electrons. The van der Waals surface area contributed by atoms with Gasteiger partial charge in [-0.1, -0.05) is 30.3 Å². The molecule has 2 heterocycles. The van der Waals surface area contributed by atoms with E-state index in [1.54, 1.807) is 25.3 Å². The number of amides is 1. The van der Waals surface area contributed by atoms with Gasteiger partial charge in [0.1, 0.15) is 18.1 Å². The van der Waals surface area contributed by atoms with Crippen LogP contribution in [0.2, 0.25) is 0 Å². The van der Waals surface area contributed by atoms with Crippen LogP contribution in [-0.4, -0.2) is 15.9 Å². The molecule has 1 amide bonds. The Hall–Kier alpha value is -3.93. The molecule has 0 saturated heterocycles. The Balaban J connectivity index is 1.45. The van der Waals surface area contributed by atoms with Crippen molar-refractivity contribution < 1.29 is 13.9 Å². The number of rotatable bonds is 6. The van der Waals surface area contributed by atoms with Crippen molar-refractivity contribution in [3.05, 3.63) is 96.1 Å². The minimum atomic E-state index is -0.338. The van der Waals surface area contributed by atoms with Gasteiger partial charge in [0.2, 0.25) is 5.89 Å². The van der Waals surface area contributed by atoms with Gasteiger partial charge in [-0.2, -0.15) is 0 Å². The van der Waals surface area contributed by atoms with Gasteiger partial charge in [0, 0.05) is 23.5 Å². The Morgan fingerprint density at radius 2 is 1.86 bits per heavy atom. The van der Waals surface area contributed by atoms with Gasteiger partial charge >= 0.3 is 0 Å². The third-order valence-corrected chi connectivity index (χ3v) is 4.24. The van der Waals surface area contributed by atoms with Gasteiger partial charge in [-0.25, -0.2) is 4.98 Å². The van der Waals surface area contributed by atoms with Crippen LogP contribution >= 0.6 is 0 Å². The topological polar surface area (TPSA) is 77.2 Å². The number of oxazole rings is 1. The number of hydrogen-bond donors (Lipinski definition) is 1. The van der Waals surface area contributed by atoms with Gasteiger partial charge in [-0.05, 0) is 43.3 Å². The Bertz CT molecular complexity index is 1110. The number of carbonyl (C=O) groups is 1. The molecule has 0 spiro atoms. The molecule has 0 aliphatic rings. The Morgan fingerprint density at radius 1 is 1.03 bits per heavy atom. The van der Waals surface area contributed by atoms with E-state index < -0.39 is 0 Å². The predicted molar refractivity (Wildman–Crippen MR) is 110 cm³/mol. The lowest BCUT2D eigenvalue weighted by molar-refractivity contribution is 0.102. The summed E-state index contributed by atoms with van der Waals surface area (Å²) in [4.78, 5) is 21.3. The SMILES string of the molecule is Cc1oc(-c2ccccc2)nc1C(=O)Nc1cccc(OCc2ccccn2)c1. The maximum absolute atomic E-state index is 12.7. The molecule has 0 unspecified atom stereocenters. The van der Waals surface area contributed by atoms with Gasteiger partial charge in [0.05, 0.1) is 5.69 Å². The Labute approximate surface area is 168 Å². The Morgan fingerprint density at radius 3 is 2.66 bits per heavy atom. The fourth-order valence-corrected chi connectivity index (χ4v) is 2.81. The summed E-state index contributed by atoms with van der Waals surface area (Å²) in [6, 6.07) is 22.3. The molecule has 29 heavy (non-hydrogen) atoms. The largest absolute Gasteiger partial charge is 0.487 e. The molecule has 0 saturated carbocycles. The molecule has 0 atom stereocenters. The molecule has 6 nitrogen and oxygen atoms in total. The first-order valence-corrected chi connectivity index (χ1v) is 9.16. The lowest BCUT2D eigenvalue weighted by atomic mass is 10.2. The molecule has 2 aromatic carbocycles. The molecular formula is C23H19N3O3. The molecule has 0 radical (unpaired) electrons. The molecule has 0 bridgehead atoms. The molecule has 0 aliphatic heterocycles. The second-order valence-electron chi connectivity index (χ2n) is 6.38. The van der Waals surface area contributed by atoms with Crippen LogP contribution < -0.4 is 10.1 Å². The van der Waals surface area contributed by atoms with E-state index in [-0.39, 0.29) is 11.6 Å². The number of pyridine rings is 1. The summed E-state index contributed by atoms with van der Waals surface area (Å²) in [7, 11) is 0. The summed E-state index contributed by atoms with van der Waals surface area (Å²) >= 11 is 0. The highest BCUT2D eigenvalue weighted by molar-refractivity contribution is 6.03. The number of nitrogens with zero attached hydrogens (tertiary/aromatic N) is 2. The van der Waals surface area contributed by atoms with Crippen molar-refractivity contribution in [1.29, 1.82) is 0 Å². The minimum absolute atomic E-state index is 0.253. The smallest absolute Gasteiger partial charge is 0.277 e. The predicted octanol–water partition coefficient (Wildman–Crippen LogP) is 4.88. The summed E-state index contributed by atoms with van der Waals surface area (Å²) in [5.41, 5.74) is 2.51. The lowest BCUT2D eigenvalue weighted by Crippen LogP contribution is -2.13. The van der Waals surface area contributed by atoms with Crippen molar-refractivity contribution >= 4 is 11.6 Å². The number of ether oxygens (including phenoxy) is 1. The summed E-state index contributed by atoms with van der Waals surface area (Å²) in [5.74, 6) is 1.18. The zero-order chi connectivity index (χ0) is 20.1. The van der Waals surface area contributed by atoms with Gasteiger partial charge < -0.3 is 14.5 Å². The van der Waals surface area contributed by atoms with Crippen LogP contribution in [0.15, 0.2) is 83.4 Å².